The molecule has 0 bridgehead atoms. The fraction of sp³-hybridized carbons (Fsp3) is 0.786. The number of thiol groups is 2. The highest BCUT2D eigenvalue weighted by atomic mass is 32.1. The molecular formula is C14H11F15N2S3. The summed E-state index contributed by atoms with van der Waals surface area (Å²) in [6, 6.07) is -0.740. The van der Waals surface area contributed by atoms with Crippen LogP contribution in [0.3, 0.4) is 0 Å². The lowest BCUT2D eigenvalue weighted by molar-refractivity contribution is -0.452. The van der Waals surface area contributed by atoms with Crippen LogP contribution in [0.15, 0.2) is 10.1 Å². The molecule has 0 amide bonds. The van der Waals surface area contributed by atoms with Gasteiger partial charge in [0.15, 0.2) is 4.77 Å². The predicted octanol–water partition coefficient (Wildman–Crippen LogP) is 7.55. The number of nitrogens with zero attached hydrogens (tertiary/aromatic N) is 2. The van der Waals surface area contributed by atoms with E-state index in [0.29, 0.717) is 0 Å². The summed E-state index contributed by atoms with van der Waals surface area (Å²) < 4.78 is 199. The minimum atomic E-state index is -8.34. The van der Waals surface area contributed by atoms with E-state index in [1.54, 1.807) is 0 Å². The van der Waals surface area contributed by atoms with Crippen LogP contribution in [-0.2, 0) is 6.54 Å². The lowest BCUT2D eigenvalue weighted by Crippen LogP contribution is -2.72. The first-order chi connectivity index (χ1) is 14.6. The van der Waals surface area contributed by atoms with Crippen molar-refractivity contribution in [1.82, 2.24) is 9.13 Å². The van der Waals surface area contributed by atoms with Gasteiger partial charge in [-0.05, 0) is 26.1 Å². The number of hydrogen-bond acceptors (Lipinski definition) is 3. The van der Waals surface area contributed by atoms with Gasteiger partial charge in [0.25, 0.3) is 0 Å². The van der Waals surface area contributed by atoms with Gasteiger partial charge >= 0.3 is 41.7 Å². The maximum Gasteiger partial charge on any atom is 0.460 e. The molecule has 1 aromatic rings. The van der Waals surface area contributed by atoms with E-state index < -0.39 is 69.1 Å². The van der Waals surface area contributed by atoms with E-state index >= 15 is 0 Å². The molecule has 0 aliphatic carbocycles. The first-order valence-electron chi connectivity index (χ1n) is 8.21. The first kappa shape index (κ1) is 31.1. The summed E-state index contributed by atoms with van der Waals surface area (Å²) in [6.45, 7) is -0.0628. The van der Waals surface area contributed by atoms with E-state index in [1.165, 1.54) is 13.8 Å². The lowest BCUT2D eigenvalue weighted by Gasteiger charge is -2.41. The van der Waals surface area contributed by atoms with Crippen molar-refractivity contribution in [3.63, 3.8) is 0 Å². The van der Waals surface area contributed by atoms with Crippen LogP contribution in [0.5, 0.6) is 0 Å². The molecule has 20 heteroatoms. The number of imidazole rings is 1. The van der Waals surface area contributed by atoms with E-state index in [9.17, 15) is 65.9 Å². The lowest BCUT2D eigenvalue weighted by atomic mass is 9.91. The normalized spacial score (nSPS) is 15.4. The molecule has 0 aromatic carbocycles. The molecular weight excluding hydrogens is 577 g/mol. The van der Waals surface area contributed by atoms with Crippen molar-refractivity contribution in [2.75, 3.05) is 0 Å². The molecule has 1 heterocycles. The molecule has 1 aromatic heterocycles. The molecule has 0 atom stereocenters. The van der Waals surface area contributed by atoms with Gasteiger partial charge in [-0.2, -0.15) is 65.9 Å². The maximum absolute atomic E-state index is 14.2. The number of alkyl halides is 15. The quantitative estimate of drug-likeness (QED) is 0.181. The second kappa shape index (κ2) is 8.58. The summed E-state index contributed by atoms with van der Waals surface area (Å²) >= 11 is 12.0. The molecule has 200 valence electrons. The van der Waals surface area contributed by atoms with E-state index in [-0.39, 0.29) is 4.57 Å². The van der Waals surface area contributed by atoms with Crippen LogP contribution in [0.2, 0.25) is 0 Å². The third-order valence-corrected chi connectivity index (χ3v) is 5.86. The fourth-order valence-corrected chi connectivity index (χ4v) is 3.76. The van der Waals surface area contributed by atoms with Crippen LogP contribution in [-0.4, -0.2) is 50.8 Å². The number of rotatable bonds is 8. The second-order valence-electron chi connectivity index (χ2n) is 7.05. The van der Waals surface area contributed by atoms with Gasteiger partial charge < -0.3 is 9.13 Å². The van der Waals surface area contributed by atoms with Gasteiger partial charge in [-0.3, -0.25) is 0 Å². The predicted molar refractivity (Wildman–Crippen MR) is 93.9 cm³/mol. The zero-order chi connectivity index (χ0) is 27.7. The second-order valence-corrected chi connectivity index (χ2v) is 8.27. The van der Waals surface area contributed by atoms with Crippen molar-refractivity contribution in [1.29, 1.82) is 0 Å². The zero-order valence-corrected chi connectivity index (χ0v) is 18.8. The number of halogens is 15. The smallest absolute Gasteiger partial charge is 0.309 e. The summed E-state index contributed by atoms with van der Waals surface area (Å²) in [6.07, 6.45) is -7.65. The highest BCUT2D eigenvalue weighted by Crippen LogP contribution is 2.62. The fourth-order valence-electron chi connectivity index (χ4n) is 2.44. The average Bonchev–Trinajstić information content (AvgIpc) is 2.83. The monoisotopic (exact) mass is 588 g/mol. The van der Waals surface area contributed by atoms with Gasteiger partial charge in [-0.15, -0.1) is 25.3 Å². The summed E-state index contributed by atoms with van der Waals surface area (Å²) in [5, 5.41) is -1.21. The number of hydrogen-bond donors (Lipinski definition) is 2. The first-order valence-corrected chi connectivity index (χ1v) is 9.52. The van der Waals surface area contributed by atoms with Crippen LogP contribution < -0.4 is 0 Å². The molecule has 0 N–H and O–H groups in total. The minimum Gasteiger partial charge on any atom is -0.309 e. The Balaban J connectivity index is 3.66. The van der Waals surface area contributed by atoms with Crippen molar-refractivity contribution >= 4 is 37.5 Å². The van der Waals surface area contributed by atoms with Gasteiger partial charge in [0.05, 0.1) is 6.54 Å². The highest BCUT2D eigenvalue weighted by Gasteiger charge is 2.93. The molecule has 0 fully saturated rings. The van der Waals surface area contributed by atoms with Crippen LogP contribution in [0, 0.1) is 4.77 Å². The third-order valence-electron chi connectivity index (χ3n) is 4.39. The summed E-state index contributed by atoms with van der Waals surface area (Å²) in [4.78, 5) is 0. The topological polar surface area (TPSA) is 9.86 Å². The van der Waals surface area contributed by atoms with Crippen molar-refractivity contribution < 1.29 is 65.9 Å². The van der Waals surface area contributed by atoms with Gasteiger partial charge in [-0.1, -0.05) is 0 Å². The summed E-state index contributed by atoms with van der Waals surface area (Å²) in [5.41, 5.74) is 0. The molecule has 0 radical (unpaired) electrons. The third kappa shape index (κ3) is 4.17. The van der Waals surface area contributed by atoms with Gasteiger partial charge in [0.1, 0.15) is 10.1 Å². The van der Waals surface area contributed by atoms with Crippen LogP contribution in [0.25, 0.3) is 0 Å². The highest BCUT2D eigenvalue weighted by molar-refractivity contribution is 7.83. The Morgan fingerprint density at radius 3 is 1.32 bits per heavy atom. The minimum absolute atomic E-state index is 0.134. The molecule has 2 nitrogen and oxygen atoms in total. The molecule has 34 heavy (non-hydrogen) atoms. The van der Waals surface area contributed by atoms with Crippen molar-refractivity contribution in [2.24, 2.45) is 0 Å². The van der Waals surface area contributed by atoms with Crippen molar-refractivity contribution in [3.05, 3.63) is 4.77 Å². The molecule has 0 spiro atoms. The number of aromatic nitrogens is 2. The van der Waals surface area contributed by atoms with Crippen molar-refractivity contribution in [3.8, 4) is 0 Å². The standard InChI is InChI=1S/C14H11F15N2S3/c1-4(2)31-6(33)5(32)30(7(31)34)3-8(15,16)9(17,18)10(19,20)11(21,22)12(23,24)13(25,26)14(27,28)29/h4,32-33H,3H2,1-2H3. The Kier molecular flexibility index (Phi) is 7.86. The Morgan fingerprint density at radius 2 is 1.00 bits per heavy atom. The van der Waals surface area contributed by atoms with Gasteiger partial charge in [-0.25, -0.2) is 0 Å². The van der Waals surface area contributed by atoms with E-state index in [2.05, 4.69) is 37.5 Å². The Morgan fingerprint density at radius 1 is 0.647 bits per heavy atom. The molecule has 0 unspecified atom stereocenters. The van der Waals surface area contributed by atoms with Crippen LogP contribution >= 0.6 is 37.5 Å². The largest absolute Gasteiger partial charge is 0.460 e. The summed E-state index contributed by atoms with van der Waals surface area (Å²) in [5.74, 6) is -46.9. The Bertz CT molecular complexity index is 974. The van der Waals surface area contributed by atoms with Crippen molar-refractivity contribution in [2.45, 2.75) is 78.2 Å². The van der Waals surface area contributed by atoms with Crippen LogP contribution in [0.4, 0.5) is 65.9 Å². The maximum atomic E-state index is 14.2. The average molecular weight is 588 g/mol. The molecule has 0 aliphatic rings. The van der Waals surface area contributed by atoms with E-state index in [1.807, 2.05) is 0 Å². The zero-order valence-electron chi connectivity index (χ0n) is 16.2. The molecule has 0 saturated carbocycles. The summed E-state index contributed by atoms with van der Waals surface area (Å²) in [7, 11) is 0. The van der Waals surface area contributed by atoms with Gasteiger partial charge in [0.2, 0.25) is 0 Å². The molecule has 0 saturated heterocycles. The van der Waals surface area contributed by atoms with Gasteiger partial charge in [0, 0.05) is 6.04 Å². The Hall–Kier alpha value is -0.920. The van der Waals surface area contributed by atoms with E-state index in [0.717, 1.165) is 4.57 Å². The Labute approximate surface area is 195 Å². The van der Waals surface area contributed by atoms with E-state index in [4.69, 9.17) is 0 Å². The SMILES string of the molecule is CC(C)n1c(S)c(S)n(CC(F)(F)C(F)(F)C(F)(F)C(F)(F)C(F)(F)C(F)(F)C(F)(F)F)c1=S. The molecule has 0 aliphatic heterocycles. The molecule has 1 rings (SSSR count). The van der Waals surface area contributed by atoms with Crippen LogP contribution in [0.1, 0.15) is 19.9 Å².